The van der Waals surface area contributed by atoms with Gasteiger partial charge in [0.1, 0.15) is 0 Å². The van der Waals surface area contributed by atoms with Gasteiger partial charge in [-0.2, -0.15) is 0 Å². The summed E-state index contributed by atoms with van der Waals surface area (Å²) in [5.41, 5.74) is 1.14. The molecule has 0 radical (unpaired) electrons. The molecule has 22 heavy (non-hydrogen) atoms. The molecule has 3 heterocycles. The van der Waals surface area contributed by atoms with Crippen LogP contribution in [0.15, 0.2) is 24.5 Å². The van der Waals surface area contributed by atoms with Crippen molar-refractivity contribution in [1.82, 2.24) is 14.8 Å². The van der Waals surface area contributed by atoms with Crippen LogP contribution in [0.1, 0.15) is 5.56 Å². The van der Waals surface area contributed by atoms with Gasteiger partial charge in [-0.25, -0.2) is 8.42 Å². The molecule has 7 heteroatoms. The summed E-state index contributed by atoms with van der Waals surface area (Å²) >= 11 is 0. The molecule has 2 aliphatic rings. The second kappa shape index (κ2) is 6.62. The zero-order valence-electron chi connectivity index (χ0n) is 12.9. The predicted molar refractivity (Wildman–Crippen MR) is 84.3 cm³/mol. The van der Waals surface area contributed by atoms with Gasteiger partial charge in [-0.1, -0.05) is 6.07 Å². The van der Waals surface area contributed by atoms with Gasteiger partial charge in [0.05, 0.1) is 18.1 Å². The maximum absolute atomic E-state index is 12.1. The Morgan fingerprint density at radius 2 is 2.00 bits per heavy atom. The topological polar surface area (TPSA) is 62.7 Å². The first-order chi connectivity index (χ1) is 10.6. The molecule has 0 unspecified atom stereocenters. The highest BCUT2D eigenvalue weighted by molar-refractivity contribution is 7.91. The van der Waals surface area contributed by atoms with E-state index >= 15 is 0 Å². The minimum atomic E-state index is -2.95. The van der Waals surface area contributed by atoms with Gasteiger partial charge >= 0.3 is 0 Å². The van der Waals surface area contributed by atoms with Crippen LogP contribution in [0.25, 0.3) is 0 Å². The van der Waals surface area contributed by atoms with Crippen molar-refractivity contribution >= 4 is 9.84 Å². The molecular formula is C15H23N3O3S. The number of piperazine rings is 1. The number of rotatable bonds is 5. The number of fused-ring (bicyclic) bond motifs is 1. The van der Waals surface area contributed by atoms with Crippen molar-refractivity contribution in [2.45, 2.75) is 18.6 Å². The van der Waals surface area contributed by atoms with Gasteiger partial charge in [-0.3, -0.25) is 14.8 Å². The molecule has 0 aromatic carbocycles. The number of methoxy groups -OCH3 is 1. The number of pyridine rings is 1. The molecule has 0 N–H and O–H groups in total. The Labute approximate surface area is 132 Å². The number of hydrogen-bond acceptors (Lipinski definition) is 6. The molecule has 0 spiro atoms. The van der Waals surface area contributed by atoms with Gasteiger partial charge in [0.15, 0.2) is 9.84 Å². The van der Waals surface area contributed by atoms with E-state index in [1.807, 2.05) is 18.3 Å². The number of ether oxygens (including phenoxy) is 1. The van der Waals surface area contributed by atoms with Crippen molar-refractivity contribution in [3.8, 4) is 0 Å². The third-order valence-electron chi connectivity index (χ3n) is 4.60. The molecule has 2 saturated heterocycles. The van der Waals surface area contributed by atoms with Crippen LogP contribution in [0, 0.1) is 0 Å². The SMILES string of the molecule is COCCN1CCN(Cc2cccnc2)[C@H]2CS(=O)(=O)C[C@H]21. The van der Waals surface area contributed by atoms with E-state index in [0.717, 1.165) is 31.7 Å². The van der Waals surface area contributed by atoms with Gasteiger partial charge in [0.25, 0.3) is 0 Å². The number of sulfone groups is 1. The zero-order chi connectivity index (χ0) is 15.6. The smallest absolute Gasteiger partial charge is 0.153 e. The largest absolute Gasteiger partial charge is 0.383 e. The molecule has 3 rings (SSSR count). The Hall–Kier alpha value is -1.02. The third-order valence-corrected chi connectivity index (χ3v) is 6.30. The van der Waals surface area contributed by atoms with Crippen molar-refractivity contribution in [3.63, 3.8) is 0 Å². The van der Waals surface area contributed by atoms with Gasteiger partial charge < -0.3 is 4.74 Å². The highest BCUT2D eigenvalue weighted by atomic mass is 32.2. The Morgan fingerprint density at radius 1 is 1.27 bits per heavy atom. The molecule has 1 aromatic rings. The van der Waals surface area contributed by atoms with Crippen molar-refractivity contribution < 1.29 is 13.2 Å². The van der Waals surface area contributed by atoms with Crippen molar-refractivity contribution in [1.29, 1.82) is 0 Å². The van der Waals surface area contributed by atoms with Gasteiger partial charge in [0, 0.05) is 57.8 Å². The maximum Gasteiger partial charge on any atom is 0.153 e. The van der Waals surface area contributed by atoms with Crippen LogP contribution in [0.4, 0.5) is 0 Å². The average Bonchev–Trinajstić information content (AvgIpc) is 2.83. The van der Waals surface area contributed by atoms with E-state index in [0.29, 0.717) is 6.61 Å². The molecule has 2 fully saturated rings. The summed E-state index contributed by atoms with van der Waals surface area (Å²) in [4.78, 5) is 8.73. The van der Waals surface area contributed by atoms with Crippen LogP contribution in [0.5, 0.6) is 0 Å². The summed E-state index contributed by atoms with van der Waals surface area (Å²) in [5.74, 6) is 0.534. The lowest BCUT2D eigenvalue weighted by atomic mass is 10.0. The highest BCUT2D eigenvalue weighted by Gasteiger charge is 2.46. The Balaban J connectivity index is 1.74. The van der Waals surface area contributed by atoms with Gasteiger partial charge in [0.2, 0.25) is 0 Å². The van der Waals surface area contributed by atoms with E-state index in [2.05, 4.69) is 14.8 Å². The number of aromatic nitrogens is 1. The van der Waals surface area contributed by atoms with Crippen molar-refractivity contribution in [2.24, 2.45) is 0 Å². The van der Waals surface area contributed by atoms with E-state index < -0.39 is 9.84 Å². The molecule has 6 nitrogen and oxygen atoms in total. The first-order valence-corrected chi connectivity index (χ1v) is 9.47. The van der Waals surface area contributed by atoms with Gasteiger partial charge in [-0.05, 0) is 11.6 Å². The second-order valence-corrected chi connectivity index (χ2v) is 8.23. The van der Waals surface area contributed by atoms with Crippen LogP contribution >= 0.6 is 0 Å². The first-order valence-electron chi connectivity index (χ1n) is 7.65. The molecule has 0 aliphatic carbocycles. The summed E-state index contributed by atoms with van der Waals surface area (Å²) in [6.07, 6.45) is 3.62. The number of hydrogen-bond donors (Lipinski definition) is 0. The quantitative estimate of drug-likeness (QED) is 0.760. The van der Waals surface area contributed by atoms with Crippen LogP contribution in [-0.4, -0.2) is 80.1 Å². The average molecular weight is 325 g/mol. The monoisotopic (exact) mass is 325 g/mol. The highest BCUT2D eigenvalue weighted by Crippen LogP contribution is 2.27. The molecule has 0 bridgehead atoms. The lowest BCUT2D eigenvalue weighted by Crippen LogP contribution is -2.59. The number of nitrogens with zero attached hydrogens (tertiary/aromatic N) is 3. The Morgan fingerprint density at radius 3 is 2.68 bits per heavy atom. The van der Waals surface area contributed by atoms with E-state index in [1.54, 1.807) is 13.3 Å². The maximum atomic E-state index is 12.1. The lowest BCUT2D eigenvalue weighted by molar-refractivity contribution is 0.0252. The zero-order valence-corrected chi connectivity index (χ0v) is 13.7. The van der Waals surface area contributed by atoms with Crippen molar-refractivity contribution in [2.75, 3.05) is 44.9 Å². The van der Waals surface area contributed by atoms with E-state index in [-0.39, 0.29) is 23.6 Å². The van der Waals surface area contributed by atoms with E-state index in [9.17, 15) is 8.42 Å². The Bertz CT molecular complexity index is 593. The fourth-order valence-corrected chi connectivity index (χ4v) is 5.55. The molecule has 122 valence electrons. The van der Waals surface area contributed by atoms with Crippen molar-refractivity contribution in [3.05, 3.63) is 30.1 Å². The fourth-order valence-electron chi connectivity index (χ4n) is 3.51. The minimum absolute atomic E-state index is 0.0795. The normalized spacial score (nSPS) is 28.6. The van der Waals surface area contributed by atoms with Crippen LogP contribution in [-0.2, 0) is 21.1 Å². The lowest BCUT2D eigenvalue weighted by Gasteiger charge is -2.43. The van der Waals surface area contributed by atoms with E-state index in [1.165, 1.54) is 0 Å². The summed E-state index contributed by atoms with van der Waals surface area (Å²) in [6.45, 7) is 3.98. The standard InChI is InChI=1S/C15H23N3O3S/c1-21-8-7-17-5-6-18(10-13-3-2-4-16-9-13)15-12-22(19,20)11-14(15)17/h2-4,9,14-15H,5-8,10-12H2,1H3/t14-,15+/m1/s1. The fraction of sp³-hybridized carbons (Fsp3) is 0.667. The summed E-state index contributed by atoms with van der Waals surface area (Å²) < 4.78 is 29.4. The van der Waals surface area contributed by atoms with Crippen LogP contribution in [0.2, 0.25) is 0 Å². The molecular weight excluding hydrogens is 302 g/mol. The van der Waals surface area contributed by atoms with Gasteiger partial charge in [-0.15, -0.1) is 0 Å². The molecule has 2 aliphatic heterocycles. The summed E-state index contributed by atoms with van der Waals surface area (Å²) in [6, 6.07) is 4.14. The van der Waals surface area contributed by atoms with Crippen LogP contribution in [0.3, 0.4) is 0 Å². The second-order valence-electron chi connectivity index (χ2n) is 6.07. The molecule has 0 saturated carbocycles. The predicted octanol–water partition coefficient (Wildman–Crippen LogP) is 0.0112. The summed E-state index contributed by atoms with van der Waals surface area (Å²) in [7, 11) is -1.27. The van der Waals surface area contributed by atoms with Crippen LogP contribution < -0.4 is 0 Å². The summed E-state index contributed by atoms with van der Waals surface area (Å²) in [5, 5.41) is 0. The Kier molecular flexibility index (Phi) is 4.77. The first kappa shape index (κ1) is 15.9. The third kappa shape index (κ3) is 3.48. The molecule has 2 atom stereocenters. The van der Waals surface area contributed by atoms with E-state index in [4.69, 9.17) is 4.74 Å². The molecule has 0 amide bonds. The molecule has 1 aromatic heterocycles. The minimum Gasteiger partial charge on any atom is -0.383 e.